The van der Waals surface area contributed by atoms with Gasteiger partial charge in [0.2, 0.25) is 0 Å². The number of unbranched alkanes of at least 4 members (excludes halogenated alkanes) is 5. The van der Waals surface area contributed by atoms with E-state index in [1.54, 1.807) is 6.08 Å². The van der Waals surface area contributed by atoms with Crippen molar-refractivity contribution in [1.29, 1.82) is 0 Å². The van der Waals surface area contributed by atoms with Crippen LogP contribution in [0.15, 0.2) is 36.2 Å². The van der Waals surface area contributed by atoms with Gasteiger partial charge in [-0.15, -0.1) is 0 Å². The highest BCUT2D eigenvalue weighted by Crippen LogP contribution is 2.23. The van der Waals surface area contributed by atoms with Gasteiger partial charge in [0.05, 0.1) is 20.8 Å². The normalized spacial score (nSPS) is 13.2. The fourth-order valence-electron chi connectivity index (χ4n) is 2.80. The number of carbonyl (C=O) groups excluding carboxylic acids is 3. The van der Waals surface area contributed by atoms with E-state index in [-0.39, 0.29) is 11.8 Å². The molecule has 1 aliphatic heterocycles. The molecule has 1 aromatic rings. The number of hydrogen-bond donors (Lipinski definition) is 0. The van der Waals surface area contributed by atoms with Crippen LogP contribution in [-0.4, -0.2) is 48.7 Å². The van der Waals surface area contributed by atoms with E-state index in [1.165, 1.54) is 46.3 Å². The van der Waals surface area contributed by atoms with Crippen LogP contribution in [0.3, 0.4) is 0 Å². The minimum absolute atomic E-state index is 0.0754. The summed E-state index contributed by atoms with van der Waals surface area (Å²) in [5, 5.41) is 1.78. The summed E-state index contributed by atoms with van der Waals surface area (Å²) in [7, 11) is 2.62. The van der Waals surface area contributed by atoms with Crippen LogP contribution >= 0.6 is 0 Å². The maximum absolute atomic E-state index is 11.6. The molecule has 0 unspecified atom stereocenters. The fourth-order valence-corrected chi connectivity index (χ4v) is 2.80. The summed E-state index contributed by atoms with van der Waals surface area (Å²) >= 11 is 0. The lowest BCUT2D eigenvalue weighted by atomic mass is 10.1. The Labute approximate surface area is 184 Å². The number of nitrogens with zero attached hydrogens (tertiary/aromatic N) is 2. The summed E-state index contributed by atoms with van der Waals surface area (Å²) in [6.45, 7) is 4.64. The highest BCUT2D eigenvalue weighted by molar-refractivity contribution is 6.37. The first-order valence-corrected chi connectivity index (χ1v) is 10.7. The van der Waals surface area contributed by atoms with Crippen molar-refractivity contribution >= 4 is 23.9 Å². The average Bonchev–Trinajstić information content (AvgIpc) is 3.02. The minimum Gasteiger partial charge on any atom is -0.466 e. The van der Waals surface area contributed by atoms with Crippen molar-refractivity contribution in [2.45, 2.75) is 58.8 Å². The SMILES string of the molecule is CCCCCCCCOC(=O)CC.CON1C(=O)C(=O)N(OC)C1=Cc1ccccc1. The predicted molar refractivity (Wildman–Crippen MR) is 117 cm³/mol. The molecule has 1 saturated heterocycles. The molecule has 0 aromatic heterocycles. The zero-order chi connectivity index (χ0) is 23.1. The molecule has 0 spiro atoms. The van der Waals surface area contributed by atoms with Crippen LogP contribution in [0.4, 0.5) is 0 Å². The summed E-state index contributed by atoms with van der Waals surface area (Å²) in [4.78, 5) is 43.7. The first-order valence-electron chi connectivity index (χ1n) is 10.7. The molecule has 31 heavy (non-hydrogen) atoms. The Hall–Kier alpha value is -2.71. The molecule has 8 nitrogen and oxygen atoms in total. The minimum atomic E-state index is -0.790. The highest BCUT2D eigenvalue weighted by atomic mass is 16.7. The maximum Gasteiger partial charge on any atom is 0.344 e. The van der Waals surface area contributed by atoms with Crippen molar-refractivity contribution < 1.29 is 28.8 Å². The molecule has 0 atom stereocenters. The second-order valence-electron chi connectivity index (χ2n) is 6.82. The topological polar surface area (TPSA) is 85.4 Å². The Kier molecular flexibility index (Phi) is 12.9. The number of benzene rings is 1. The smallest absolute Gasteiger partial charge is 0.344 e. The Bertz CT molecular complexity index is 696. The van der Waals surface area contributed by atoms with Gasteiger partial charge in [-0.3, -0.25) is 24.1 Å². The fraction of sp³-hybridized carbons (Fsp3) is 0.522. The number of amides is 2. The first-order chi connectivity index (χ1) is 15.0. The van der Waals surface area contributed by atoms with Gasteiger partial charge in [-0.05, 0) is 18.1 Å². The lowest BCUT2D eigenvalue weighted by Crippen LogP contribution is -2.26. The summed E-state index contributed by atoms with van der Waals surface area (Å²) < 4.78 is 4.96. The standard InChI is InChI=1S/C12H12N2O4.C11H22O2/c1-17-13-10(8-9-6-4-3-5-7-9)14(18-2)12(16)11(13)15;1-3-5-6-7-8-9-10-13-11(12)4-2/h3-8H,1-2H3;3-10H2,1-2H3. The molecular weight excluding hydrogens is 400 g/mol. The van der Waals surface area contributed by atoms with Crippen molar-refractivity contribution in [3.8, 4) is 0 Å². The van der Waals surface area contributed by atoms with E-state index in [1.807, 2.05) is 37.3 Å². The first kappa shape index (κ1) is 26.3. The van der Waals surface area contributed by atoms with Crippen molar-refractivity contribution in [3.63, 3.8) is 0 Å². The van der Waals surface area contributed by atoms with E-state index >= 15 is 0 Å². The van der Waals surface area contributed by atoms with E-state index in [2.05, 4.69) is 6.92 Å². The van der Waals surface area contributed by atoms with E-state index in [9.17, 15) is 14.4 Å². The molecule has 0 radical (unpaired) electrons. The third-order valence-electron chi connectivity index (χ3n) is 4.48. The molecule has 2 rings (SSSR count). The van der Waals surface area contributed by atoms with Crippen LogP contribution in [0, 0.1) is 0 Å². The van der Waals surface area contributed by atoms with Crippen LogP contribution in [0.1, 0.15) is 64.4 Å². The van der Waals surface area contributed by atoms with Gasteiger partial charge < -0.3 is 4.74 Å². The summed E-state index contributed by atoms with van der Waals surface area (Å²) in [5.74, 6) is -1.43. The molecule has 2 amide bonds. The van der Waals surface area contributed by atoms with E-state index < -0.39 is 11.8 Å². The van der Waals surface area contributed by atoms with Gasteiger partial charge in [-0.25, -0.2) is 0 Å². The molecule has 0 bridgehead atoms. The van der Waals surface area contributed by atoms with Gasteiger partial charge in [0.15, 0.2) is 5.82 Å². The molecular formula is C23H34N2O6. The molecule has 1 heterocycles. The second kappa shape index (κ2) is 15.1. The zero-order valence-electron chi connectivity index (χ0n) is 19.0. The number of rotatable bonds is 11. The number of ether oxygens (including phenoxy) is 1. The third-order valence-corrected chi connectivity index (χ3v) is 4.48. The molecule has 0 aliphatic carbocycles. The van der Waals surface area contributed by atoms with Crippen LogP contribution in [0.5, 0.6) is 0 Å². The van der Waals surface area contributed by atoms with Crippen molar-refractivity contribution in [3.05, 3.63) is 41.7 Å². The molecule has 0 N–H and O–H groups in total. The van der Waals surface area contributed by atoms with Crippen molar-refractivity contribution in [2.75, 3.05) is 20.8 Å². The van der Waals surface area contributed by atoms with Gasteiger partial charge in [-0.2, -0.15) is 10.1 Å². The average molecular weight is 435 g/mol. The third kappa shape index (κ3) is 8.90. The van der Waals surface area contributed by atoms with Crippen LogP contribution in [0.25, 0.3) is 6.08 Å². The van der Waals surface area contributed by atoms with Crippen molar-refractivity contribution in [2.24, 2.45) is 0 Å². The molecule has 1 aromatic carbocycles. The van der Waals surface area contributed by atoms with Gasteiger partial charge in [0, 0.05) is 6.42 Å². The lowest BCUT2D eigenvalue weighted by Gasteiger charge is -2.17. The zero-order valence-corrected chi connectivity index (χ0v) is 19.0. The summed E-state index contributed by atoms with van der Waals surface area (Å²) in [5.41, 5.74) is 0.819. The number of hydrogen-bond acceptors (Lipinski definition) is 6. The lowest BCUT2D eigenvalue weighted by molar-refractivity contribution is -0.164. The number of hydroxylamine groups is 4. The van der Waals surface area contributed by atoms with Crippen molar-refractivity contribution in [1.82, 2.24) is 10.1 Å². The van der Waals surface area contributed by atoms with E-state index in [0.717, 1.165) is 22.1 Å². The van der Waals surface area contributed by atoms with Gasteiger partial charge in [0.1, 0.15) is 0 Å². The van der Waals surface area contributed by atoms with Gasteiger partial charge >= 0.3 is 17.8 Å². The quantitative estimate of drug-likeness (QED) is 0.296. The monoisotopic (exact) mass is 434 g/mol. The van der Waals surface area contributed by atoms with Crippen LogP contribution in [-0.2, 0) is 28.8 Å². The molecule has 172 valence electrons. The molecule has 1 aliphatic rings. The summed E-state index contributed by atoms with van der Waals surface area (Å²) in [6, 6.07) is 9.23. The molecule has 1 fully saturated rings. The Morgan fingerprint density at radius 3 is 1.94 bits per heavy atom. The Morgan fingerprint density at radius 2 is 1.42 bits per heavy atom. The number of carbonyl (C=O) groups is 3. The van der Waals surface area contributed by atoms with E-state index in [0.29, 0.717) is 13.0 Å². The Morgan fingerprint density at radius 1 is 0.871 bits per heavy atom. The van der Waals surface area contributed by atoms with E-state index in [4.69, 9.17) is 14.4 Å². The predicted octanol–water partition coefficient (Wildman–Crippen LogP) is 4.08. The molecule has 0 saturated carbocycles. The number of esters is 1. The maximum atomic E-state index is 11.6. The largest absolute Gasteiger partial charge is 0.466 e. The van der Waals surface area contributed by atoms with Crippen LogP contribution in [0.2, 0.25) is 0 Å². The van der Waals surface area contributed by atoms with Gasteiger partial charge in [0.25, 0.3) is 0 Å². The van der Waals surface area contributed by atoms with Gasteiger partial charge in [-0.1, -0.05) is 76.3 Å². The second-order valence-corrected chi connectivity index (χ2v) is 6.82. The Balaban J connectivity index is 0.000000330. The summed E-state index contributed by atoms with van der Waals surface area (Å²) in [6.07, 6.45) is 9.54. The highest BCUT2D eigenvalue weighted by Gasteiger charge is 2.43. The molecule has 8 heteroatoms. The van der Waals surface area contributed by atoms with Crippen LogP contribution < -0.4 is 0 Å².